The van der Waals surface area contributed by atoms with Crippen molar-refractivity contribution in [2.75, 3.05) is 20.6 Å². The number of benzene rings is 1. The van der Waals surface area contributed by atoms with Gasteiger partial charge in [-0.3, -0.25) is 9.36 Å². The molecule has 0 saturated heterocycles. The second kappa shape index (κ2) is 4.51. The molecule has 3 aromatic rings. The number of quaternary nitrogens is 1. The number of hydrogen-bond donors (Lipinski definition) is 2. The predicted molar refractivity (Wildman–Crippen MR) is 75.5 cm³/mol. The van der Waals surface area contributed by atoms with Crippen molar-refractivity contribution in [1.29, 1.82) is 0 Å². The summed E-state index contributed by atoms with van der Waals surface area (Å²) in [6.07, 6.45) is 1.65. The molecule has 0 bridgehead atoms. The lowest BCUT2D eigenvalue weighted by atomic mass is 10.2. The van der Waals surface area contributed by atoms with Crippen molar-refractivity contribution in [2.45, 2.75) is 6.54 Å². The van der Waals surface area contributed by atoms with Crippen LogP contribution in [-0.4, -0.2) is 35.2 Å². The lowest BCUT2D eigenvalue weighted by Crippen LogP contribution is -3.06. The van der Waals surface area contributed by atoms with Gasteiger partial charge in [0.05, 0.1) is 33.5 Å². The highest BCUT2D eigenvalue weighted by molar-refractivity contribution is 6.04. The summed E-state index contributed by atoms with van der Waals surface area (Å²) in [6.45, 7) is 1.58. The van der Waals surface area contributed by atoms with E-state index in [-0.39, 0.29) is 5.56 Å². The van der Waals surface area contributed by atoms with Gasteiger partial charge in [0, 0.05) is 10.9 Å². The molecule has 3 rings (SSSR count). The molecule has 0 radical (unpaired) electrons. The Hall–Kier alpha value is -2.14. The molecule has 5 nitrogen and oxygen atoms in total. The highest BCUT2D eigenvalue weighted by atomic mass is 16.1. The van der Waals surface area contributed by atoms with Crippen molar-refractivity contribution in [2.24, 2.45) is 0 Å². The van der Waals surface area contributed by atoms with Crippen molar-refractivity contribution in [3.05, 3.63) is 40.9 Å². The first-order valence-corrected chi connectivity index (χ1v) is 6.41. The van der Waals surface area contributed by atoms with Crippen LogP contribution in [0.15, 0.2) is 35.4 Å². The fraction of sp³-hybridized carbons (Fsp3) is 0.286. The molecule has 5 heteroatoms. The minimum atomic E-state index is 0.00227. The number of aromatic nitrogens is 3. The van der Waals surface area contributed by atoms with Crippen LogP contribution in [0.1, 0.15) is 0 Å². The van der Waals surface area contributed by atoms with E-state index >= 15 is 0 Å². The zero-order chi connectivity index (χ0) is 13.4. The first-order valence-electron chi connectivity index (χ1n) is 6.41. The normalized spacial score (nSPS) is 11.7. The van der Waals surface area contributed by atoms with Gasteiger partial charge in [0.2, 0.25) is 0 Å². The zero-order valence-electron chi connectivity index (χ0n) is 11.1. The first kappa shape index (κ1) is 11.9. The maximum Gasteiger partial charge on any atom is 0.277 e. The highest BCUT2D eigenvalue weighted by Crippen LogP contribution is 2.20. The van der Waals surface area contributed by atoms with Crippen LogP contribution in [0.2, 0.25) is 0 Å². The summed E-state index contributed by atoms with van der Waals surface area (Å²) in [4.78, 5) is 21.3. The molecule has 1 aromatic carbocycles. The molecule has 0 unspecified atom stereocenters. The van der Waals surface area contributed by atoms with Crippen LogP contribution in [0.3, 0.4) is 0 Å². The van der Waals surface area contributed by atoms with Gasteiger partial charge in [-0.15, -0.1) is 0 Å². The third-order valence-electron chi connectivity index (χ3n) is 3.33. The van der Waals surface area contributed by atoms with Crippen molar-refractivity contribution in [1.82, 2.24) is 14.5 Å². The Bertz CT molecular complexity index is 785. The number of hydrogen-bond acceptors (Lipinski definition) is 2. The van der Waals surface area contributed by atoms with Crippen LogP contribution in [0.5, 0.6) is 0 Å². The average molecular weight is 257 g/mol. The molecule has 19 heavy (non-hydrogen) atoms. The lowest BCUT2D eigenvalue weighted by Gasteiger charge is -2.08. The molecule has 98 valence electrons. The summed E-state index contributed by atoms with van der Waals surface area (Å²) in [5.74, 6) is 0. The summed E-state index contributed by atoms with van der Waals surface area (Å²) in [5.41, 5.74) is 2.31. The van der Waals surface area contributed by atoms with Crippen LogP contribution in [0.4, 0.5) is 0 Å². The minimum Gasteiger partial charge on any atom is -0.349 e. The van der Waals surface area contributed by atoms with Gasteiger partial charge in [0.25, 0.3) is 5.56 Å². The molecular weight excluding hydrogens is 240 g/mol. The monoisotopic (exact) mass is 257 g/mol. The predicted octanol–water partition coefficient (Wildman–Crippen LogP) is 0.0223. The second-order valence-electron chi connectivity index (χ2n) is 5.09. The van der Waals surface area contributed by atoms with E-state index in [4.69, 9.17) is 0 Å². The van der Waals surface area contributed by atoms with Gasteiger partial charge >= 0.3 is 0 Å². The van der Waals surface area contributed by atoms with Crippen molar-refractivity contribution in [3.63, 3.8) is 0 Å². The third-order valence-corrected chi connectivity index (χ3v) is 3.33. The first-order chi connectivity index (χ1) is 9.16. The Morgan fingerprint density at radius 3 is 2.89 bits per heavy atom. The third kappa shape index (κ3) is 2.02. The lowest BCUT2D eigenvalue weighted by molar-refractivity contribution is -0.858. The topological polar surface area (TPSA) is 55.1 Å². The van der Waals surface area contributed by atoms with Crippen LogP contribution in [0, 0.1) is 0 Å². The number of para-hydroxylation sites is 1. The number of rotatable bonds is 3. The molecule has 0 aliphatic carbocycles. The van der Waals surface area contributed by atoms with Crippen molar-refractivity contribution < 1.29 is 4.90 Å². The summed E-state index contributed by atoms with van der Waals surface area (Å²) < 4.78 is 1.67. The Balaban J connectivity index is 2.16. The number of aromatic amines is 1. The van der Waals surface area contributed by atoms with E-state index in [0.717, 1.165) is 23.0 Å². The van der Waals surface area contributed by atoms with E-state index in [0.29, 0.717) is 12.1 Å². The molecule has 0 amide bonds. The molecule has 2 aromatic heterocycles. The van der Waals surface area contributed by atoms with E-state index < -0.39 is 0 Å². The minimum absolute atomic E-state index is 0.00227. The van der Waals surface area contributed by atoms with Gasteiger partial charge in [0.1, 0.15) is 11.0 Å². The van der Waals surface area contributed by atoms with Gasteiger partial charge in [-0.05, 0) is 6.07 Å². The molecule has 2 N–H and O–H groups in total. The number of H-pyrrole nitrogens is 1. The van der Waals surface area contributed by atoms with E-state index in [2.05, 4.69) is 24.1 Å². The fourth-order valence-corrected chi connectivity index (χ4v) is 2.24. The Kier molecular flexibility index (Phi) is 2.83. The summed E-state index contributed by atoms with van der Waals surface area (Å²) in [5, 5.41) is 1.000. The Morgan fingerprint density at radius 2 is 2.11 bits per heavy atom. The zero-order valence-corrected chi connectivity index (χ0v) is 11.1. The van der Waals surface area contributed by atoms with E-state index in [1.807, 2.05) is 24.3 Å². The van der Waals surface area contributed by atoms with E-state index in [1.54, 1.807) is 10.9 Å². The molecule has 2 heterocycles. The van der Waals surface area contributed by atoms with E-state index in [1.165, 1.54) is 4.90 Å². The van der Waals surface area contributed by atoms with Crippen molar-refractivity contribution >= 4 is 21.9 Å². The number of fused-ring (bicyclic) bond motifs is 3. The quantitative estimate of drug-likeness (QED) is 0.695. The van der Waals surface area contributed by atoms with Gasteiger partial charge in [-0.25, -0.2) is 4.98 Å². The van der Waals surface area contributed by atoms with Gasteiger partial charge in [-0.1, -0.05) is 18.2 Å². The molecular formula is C14H17N4O+. The van der Waals surface area contributed by atoms with Gasteiger partial charge < -0.3 is 9.88 Å². The summed E-state index contributed by atoms with van der Waals surface area (Å²) >= 11 is 0. The molecule has 0 atom stereocenters. The van der Waals surface area contributed by atoms with Crippen molar-refractivity contribution in [3.8, 4) is 0 Å². The van der Waals surface area contributed by atoms with Crippen LogP contribution < -0.4 is 10.5 Å². The van der Waals surface area contributed by atoms with Crippen LogP contribution >= 0.6 is 0 Å². The average Bonchev–Trinajstić information content (AvgIpc) is 2.77. The standard InChI is InChI=1S/C14H16N4O/c1-17(2)7-8-18-9-15-12-10-5-3-4-6-11(10)16-13(12)14(18)19/h3-6,9,16H,7-8H2,1-2H3/p+1. The van der Waals surface area contributed by atoms with Crippen LogP contribution in [0.25, 0.3) is 21.9 Å². The Labute approximate surface area is 110 Å². The van der Waals surface area contributed by atoms with Crippen LogP contribution in [-0.2, 0) is 6.54 Å². The smallest absolute Gasteiger partial charge is 0.277 e. The number of nitrogens with one attached hydrogen (secondary N) is 2. The molecule has 0 aliphatic heterocycles. The molecule has 0 spiro atoms. The van der Waals surface area contributed by atoms with E-state index in [9.17, 15) is 4.79 Å². The van der Waals surface area contributed by atoms with Gasteiger partial charge in [0.15, 0.2) is 0 Å². The molecule has 0 fully saturated rings. The SMILES string of the molecule is C[NH+](C)CCn1cnc2c([nH]c3ccccc32)c1=O. The maximum absolute atomic E-state index is 12.4. The second-order valence-corrected chi connectivity index (χ2v) is 5.09. The largest absolute Gasteiger partial charge is 0.349 e. The number of likely N-dealkylation sites (N-methyl/N-ethyl adjacent to an activating group) is 1. The molecule has 0 aliphatic rings. The maximum atomic E-state index is 12.4. The molecule has 0 saturated carbocycles. The fourth-order valence-electron chi connectivity index (χ4n) is 2.24. The summed E-state index contributed by atoms with van der Waals surface area (Å²) in [6, 6.07) is 7.85. The number of nitrogens with zero attached hydrogens (tertiary/aromatic N) is 2. The summed E-state index contributed by atoms with van der Waals surface area (Å²) in [7, 11) is 4.14. The van der Waals surface area contributed by atoms with Gasteiger partial charge in [-0.2, -0.15) is 0 Å². The Morgan fingerprint density at radius 1 is 1.32 bits per heavy atom. The highest BCUT2D eigenvalue weighted by Gasteiger charge is 2.10.